The van der Waals surface area contributed by atoms with Gasteiger partial charge in [0, 0.05) is 57.2 Å². The number of aliphatic hydroxyl groups excluding tert-OH is 1. The van der Waals surface area contributed by atoms with Crippen LogP contribution in [0, 0.1) is 11.8 Å². The monoisotopic (exact) mass is 374 g/mol. The van der Waals surface area contributed by atoms with Crippen LogP contribution in [0.3, 0.4) is 0 Å². The van der Waals surface area contributed by atoms with Crippen molar-refractivity contribution in [2.24, 2.45) is 11.8 Å². The van der Waals surface area contributed by atoms with Crippen LogP contribution in [0.25, 0.3) is 0 Å². The number of hydrogen-bond donors (Lipinski definition) is 1. The Labute approximate surface area is 161 Å². The summed E-state index contributed by atoms with van der Waals surface area (Å²) < 4.78 is 11.4. The van der Waals surface area contributed by atoms with E-state index in [1.807, 2.05) is 23.1 Å². The van der Waals surface area contributed by atoms with E-state index in [0.29, 0.717) is 25.6 Å². The second-order valence-electron chi connectivity index (χ2n) is 8.31. The maximum absolute atomic E-state index is 13.0. The number of fused-ring (bicyclic) bond motifs is 1. The van der Waals surface area contributed by atoms with Gasteiger partial charge in [0.2, 0.25) is 0 Å². The van der Waals surface area contributed by atoms with Gasteiger partial charge in [-0.15, -0.1) is 0 Å². The molecule has 3 aliphatic rings. The van der Waals surface area contributed by atoms with Crippen LogP contribution in [0.4, 0.5) is 0 Å². The molecule has 2 saturated heterocycles. The molecule has 1 aromatic carbocycles. The molecule has 0 aliphatic carbocycles. The largest absolute Gasteiger partial charge is 0.493 e. The fourth-order valence-corrected chi connectivity index (χ4v) is 4.79. The number of ether oxygens (including phenoxy) is 2. The Bertz CT molecular complexity index is 685. The van der Waals surface area contributed by atoms with Crippen LogP contribution in [0.5, 0.6) is 5.75 Å². The fourth-order valence-electron chi connectivity index (χ4n) is 4.79. The van der Waals surface area contributed by atoms with Gasteiger partial charge < -0.3 is 19.5 Å². The Kier molecular flexibility index (Phi) is 5.39. The van der Waals surface area contributed by atoms with E-state index < -0.39 is 0 Å². The Morgan fingerprint density at radius 2 is 1.89 bits per heavy atom. The van der Waals surface area contributed by atoms with E-state index in [1.54, 1.807) is 0 Å². The van der Waals surface area contributed by atoms with Crippen LogP contribution < -0.4 is 4.74 Å². The van der Waals surface area contributed by atoms with Gasteiger partial charge in [-0.1, -0.05) is 0 Å². The molecule has 0 bridgehead atoms. The second-order valence-corrected chi connectivity index (χ2v) is 8.31. The highest BCUT2D eigenvalue weighted by Crippen LogP contribution is 2.29. The fraction of sp³-hybridized carbons (Fsp3) is 0.667. The summed E-state index contributed by atoms with van der Waals surface area (Å²) in [7, 11) is 0. The third-order valence-electron chi connectivity index (χ3n) is 6.02. The van der Waals surface area contributed by atoms with Crippen molar-refractivity contribution in [2.45, 2.75) is 32.5 Å². The Hall–Kier alpha value is -1.63. The van der Waals surface area contributed by atoms with Crippen LogP contribution in [-0.4, -0.2) is 79.0 Å². The minimum absolute atomic E-state index is 0.0642. The molecule has 2 fully saturated rings. The van der Waals surface area contributed by atoms with Crippen LogP contribution >= 0.6 is 0 Å². The second kappa shape index (κ2) is 7.78. The van der Waals surface area contributed by atoms with Crippen LogP contribution in [0.2, 0.25) is 0 Å². The number of amides is 1. The number of carbonyl (C=O) groups is 1. The molecule has 4 rings (SSSR count). The van der Waals surface area contributed by atoms with Crippen molar-refractivity contribution >= 4 is 5.91 Å². The van der Waals surface area contributed by atoms with E-state index >= 15 is 0 Å². The topological polar surface area (TPSA) is 62.2 Å². The number of hydrogen-bond acceptors (Lipinski definition) is 5. The lowest BCUT2D eigenvalue weighted by Gasteiger charge is -2.37. The van der Waals surface area contributed by atoms with E-state index in [0.717, 1.165) is 42.9 Å². The maximum atomic E-state index is 13.0. The van der Waals surface area contributed by atoms with Gasteiger partial charge in [-0.05, 0) is 43.5 Å². The highest BCUT2D eigenvalue weighted by atomic mass is 16.5. The predicted molar refractivity (Wildman–Crippen MR) is 102 cm³/mol. The summed E-state index contributed by atoms with van der Waals surface area (Å²) in [4.78, 5) is 17.4. The number of aliphatic hydroxyl groups is 1. The van der Waals surface area contributed by atoms with Gasteiger partial charge in [-0.2, -0.15) is 0 Å². The zero-order valence-corrected chi connectivity index (χ0v) is 16.3. The Morgan fingerprint density at radius 1 is 1.15 bits per heavy atom. The SMILES string of the molecule is C[C@@H]1CN(C[C@@H]2CN(C(=O)c3ccc4c(c3)CCO4)C[C@@H]2CO)C[C@H](C)O1. The standard InChI is InChI=1S/C21H30N2O4/c1-14-8-22(9-15(2)27-14)10-18-11-23(12-19(18)13-24)21(25)17-3-4-20-16(7-17)5-6-26-20/h3-4,7,14-15,18-19,24H,5-6,8-13H2,1-2H3/t14-,15+,18-,19-/m1/s1. The molecule has 6 heteroatoms. The average Bonchev–Trinajstić information content (AvgIpc) is 3.26. The molecule has 0 radical (unpaired) electrons. The van der Waals surface area contributed by atoms with E-state index in [1.165, 1.54) is 0 Å². The van der Waals surface area contributed by atoms with Gasteiger partial charge in [0.15, 0.2) is 0 Å². The molecular weight excluding hydrogens is 344 g/mol. The minimum atomic E-state index is 0.0642. The summed E-state index contributed by atoms with van der Waals surface area (Å²) in [5.74, 6) is 1.40. The number of benzene rings is 1. The van der Waals surface area contributed by atoms with Crippen molar-refractivity contribution in [3.05, 3.63) is 29.3 Å². The summed E-state index contributed by atoms with van der Waals surface area (Å²) in [5.41, 5.74) is 1.84. The Balaban J connectivity index is 1.42. The van der Waals surface area contributed by atoms with Gasteiger partial charge >= 0.3 is 0 Å². The van der Waals surface area contributed by atoms with E-state index in [9.17, 15) is 9.90 Å². The molecule has 0 saturated carbocycles. The van der Waals surface area contributed by atoms with Crippen LogP contribution in [0.1, 0.15) is 29.8 Å². The lowest BCUT2D eigenvalue weighted by atomic mass is 9.96. The number of morpholine rings is 1. The quantitative estimate of drug-likeness (QED) is 0.864. The number of carbonyl (C=O) groups excluding carboxylic acids is 1. The lowest BCUT2D eigenvalue weighted by molar-refractivity contribution is -0.0726. The van der Waals surface area contributed by atoms with Crippen LogP contribution in [-0.2, 0) is 11.2 Å². The van der Waals surface area contributed by atoms with E-state index in [2.05, 4.69) is 18.7 Å². The molecule has 3 heterocycles. The van der Waals surface area contributed by atoms with Gasteiger partial charge in [-0.3, -0.25) is 9.69 Å². The van der Waals surface area contributed by atoms with E-state index in [4.69, 9.17) is 9.47 Å². The van der Waals surface area contributed by atoms with Crippen molar-refractivity contribution in [1.29, 1.82) is 0 Å². The number of nitrogens with zero attached hydrogens (tertiary/aromatic N) is 2. The molecule has 1 aromatic rings. The molecule has 27 heavy (non-hydrogen) atoms. The molecule has 0 spiro atoms. The van der Waals surface area contributed by atoms with Gasteiger partial charge in [-0.25, -0.2) is 0 Å². The maximum Gasteiger partial charge on any atom is 0.253 e. The smallest absolute Gasteiger partial charge is 0.253 e. The molecule has 4 atom stereocenters. The van der Waals surface area contributed by atoms with Crippen molar-refractivity contribution in [1.82, 2.24) is 9.80 Å². The molecule has 6 nitrogen and oxygen atoms in total. The normalized spacial score (nSPS) is 31.0. The Morgan fingerprint density at radius 3 is 2.63 bits per heavy atom. The first kappa shape index (κ1) is 18.7. The van der Waals surface area contributed by atoms with Crippen molar-refractivity contribution in [3.8, 4) is 5.75 Å². The summed E-state index contributed by atoms with van der Waals surface area (Å²) in [6.45, 7) is 9.10. The molecule has 3 aliphatic heterocycles. The van der Waals surface area contributed by atoms with Gasteiger partial charge in [0.25, 0.3) is 5.91 Å². The minimum Gasteiger partial charge on any atom is -0.493 e. The van der Waals surface area contributed by atoms with Crippen molar-refractivity contribution in [2.75, 3.05) is 45.9 Å². The predicted octanol–water partition coefficient (Wildman–Crippen LogP) is 1.41. The zero-order chi connectivity index (χ0) is 19.0. The molecule has 1 amide bonds. The third-order valence-corrected chi connectivity index (χ3v) is 6.02. The van der Waals surface area contributed by atoms with Gasteiger partial charge in [0.1, 0.15) is 5.75 Å². The first-order valence-corrected chi connectivity index (χ1v) is 10.1. The number of likely N-dealkylation sites (tertiary alicyclic amines) is 1. The summed E-state index contributed by atoms with van der Waals surface area (Å²) in [5, 5.41) is 9.87. The third kappa shape index (κ3) is 3.98. The molecule has 148 valence electrons. The van der Waals surface area contributed by atoms with Crippen molar-refractivity contribution < 1.29 is 19.4 Å². The summed E-state index contributed by atoms with van der Waals surface area (Å²) in [6, 6.07) is 5.74. The summed E-state index contributed by atoms with van der Waals surface area (Å²) >= 11 is 0. The molecule has 1 N–H and O–H groups in total. The molecule has 0 unspecified atom stereocenters. The summed E-state index contributed by atoms with van der Waals surface area (Å²) in [6.07, 6.45) is 1.33. The first-order valence-electron chi connectivity index (χ1n) is 10.1. The van der Waals surface area contributed by atoms with Crippen LogP contribution in [0.15, 0.2) is 18.2 Å². The van der Waals surface area contributed by atoms with Gasteiger partial charge in [0.05, 0.1) is 18.8 Å². The number of rotatable bonds is 4. The molecular formula is C21H30N2O4. The van der Waals surface area contributed by atoms with E-state index in [-0.39, 0.29) is 30.6 Å². The average molecular weight is 374 g/mol. The lowest BCUT2D eigenvalue weighted by Crippen LogP contribution is -2.48. The van der Waals surface area contributed by atoms with Crippen molar-refractivity contribution in [3.63, 3.8) is 0 Å². The highest BCUT2D eigenvalue weighted by Gasteiger charge is 2.37. The first-order chi connectivity index (χ1) is 13.0. The highest BCUT2D eigenvalue weighted by molar-refractivity contribution is 5.95. The molecule has 0 aromatic heterocycles. The zero-order valence-electron chi connectivity index (χ0n) is 16.3.